The van der Waals surface area contributed by atoms with E-state index in [1.54, 1.807) is 13.2 Å². The monoisotopic (exact) mass is 259 g/mol. The Hall–Kier alpha value is -1.60. The van der Waals surface area contributed by atoms with Crippen molar-refractivity contribution < 1.29 is 9.53 Å². The van der Waals surface area contributed by atoms with Crippen molar-refractivity contribution in [2.45, 2.75) is 51.0 Å². The summed E-state index contributed by atoms with van der Waals surface area (Å²) in [4.78, 5) is 14.8. The molecule has 3 nitrogen and oxygen atoms in total. The first-order valence-electron chi connectivity index (χ1n) is 6.71. The van der Waals surface area contributed by atoms with Gasteiger partial charge in [0, 0.05) is 5.56 Å². The fourth-order valence-corrected chi connectivity index (χ4v) is 2.58. The lowest BCUT2D eigenvalue weighted by molar-refractivity contribution is 0.245. The fraction of sp³-hybridized carbons (Fsp3) is 0.562. The zero-order chi connectivity index (χ0) is 14.1. The molecule has 0 N–H and O–H groups in total. The maximum Gasteiger partial charge on any atom is 0.235 e. The van der Waals surface area contributed by atoms with Crippen LogP contribution >= 0.6 is 0 Å². The van der Waals surface area contributed by atoms with E-state index in [0.29, 0.717) is 0 Å². The number of benzene rings is 1. The molecule has 1 fully saturated rings. The molecule has 0 spiro atoms. The van der Waals surface area contributed by atoms with Gasteiger partial charge in [-0.1, -0.05) is 26.8 Å². The van der Waals surface area contributed by atoms with E-state index in [4.69, 9.17) is 4.74 Å². The lowest BCUT2D eigenvalue weighted by Gasteiger charge is -2.38. The van der Waals surface area contributed by atoms with Gasteiger partial charge in [-0.05, 0) is 42.4 Å². The van der Waals surface area contributed by atoms with Crippen LogP contribution in [0.5, 0.6) is 5.75 Å². The summed E-state index contributed by atoms with van der Waals surface area (Å²) >= 11 is 0. The third-order valence-electron chi connectivity index (χ3n) is 4.01. The van der Waals surface area contributed by atoms with Crippen molar-refractivity contribution in [1.29, 1.82) is 0 Å². The van der Waals surface area contributed by atoms with Crippen LogP contribution in [0.4, 0.5) is 0 Å². The van der Waals surface area contributed by atoms with Crippen molar-refractivity contribution in [1.82, 2.24) is 0 Å². The third kappa shape index (κ3) is 2.43. The molecule has 0 bridgehead atoms. The quantitative estimate of drug-likeness (QED) is 0.613. The molecule has 0 unspecified atom stereocenters. The molecule has 1 aliphatic rings. The second-order valence-electron chi connectivity index (χ2n) is 6.25. The Labute approximate surface area is 114 Å². The molecule has 3 heteroatoms. The van der Waals surface area contributed by atoms with Crippen LogP contribution in [0.2, 0.25) is 0 Å². The Bertz CT molecular complexity index is 518. The number of isocyanates is 1. The SMILES string of the molecule is COc1ccc(C(C)(C)C)cc1C1(N=C=O)CCC1. The topological polar surface area (TPSA) is 38.7 Å². The summed E-state index contributed by atoms with van der Waals surface area (Å²) in [5.74, 6) is 0.812. The molecule has 0 aromatic heterocycles. The second-order valence-corrected chi connectivity index (χ2v) is 6.25. The van der Waals surface area contributed by atoms with Crippen molar-refractivity contribution in [3.05, 3.63) is 29.3 Å². The van der Waals surface area contributed by atoms with Gasteiger partial charge in [-0.3, -0.25) is 0 Å². The summed E-state index contributed by atoms with van der Waals surface area (Å²) in [5.41, 5.74) is 1.92. The van der Waals surface area contributed by atoms with Gasteiger partial charge in [0.25, 0.3) is 0 Å². The lowest BCUT2D eigenvalue weighted by Crippen LogP contribution is -2.32. The van der Waals surface area contributed by atoms with Crippen LogP contribution in [0.3, 0.4) is 0 Å². The largest absolute Gasteiger partial charge is 0.496 e. The number of rotatable bonds is 3. The molecule has 0 saturated heterocycles. The zero-order valence-corrected chi connectivity index (χ0v) is 12.1. The minimum absolute atomic E-state index is 0.0663. The van der Waals surface area contributed by atoms with Gasteiger partial charge in [-0.15, -0.1) is 0 Å². The molecule has 1 aromatic rings. The molecule has 0 radical (unpaired) electrons. The van der Waals surface area contributed by atoms with E-state index in [1.165, 1.54) is 5.56 Å². The highest BCUT2D eigenvalue weighted by Gasteiger charge is 2.41. The van der Waals surface area contributed by atoms with Gasteiger partial charge in [-0.25, -0.2) is 4.79 Å². The number of ether oxygens (including phenoxy) is 1. The smallest absolute Gasteiger partial charge is 0.235 e. The van der Waals surface area contributed by atoms with Gasteiger partial charge >= 0.3 is 0 Å². The molecule has 1 saturated carbocycles. The van der Waals surface area contributed by atoms with E-state index in [0.717, 1.165) is 30.6 Å². The first kappa shape index (κ1) is 13.8. The first-order chi connectivity index (χ1) is 8.93. The van der Waals surface area contributed by atoms with Crippen LogP contribution in [0.15, 0.2) is 23.2 Å². The fourth-order valence-electron chi connectivity index (χ4n) is 2.58. The summed E-state index contributed by atoms with van der Waals surface area (Å²) < 4.78 is 5.45. The average Bonchev–Trinajstić information content (AvgIpc) is 2.32. The van der Waals surface area contributed by atoms with Gasteiger partial charge in [-0.2, -0.15) is 4.99 Å². The number of hydrogen-bond donors (Lipinski definition) is 0. The van der Waals surface area contributed by atoms with Crippen molar-refractivity contribution in [3.8, 4) is 5.75 Å². The Morgan fingerprint density at radius 1 is 1.32 bits per heavy atom. The zero-order valence-electron chi connectivity index (χ0n) is 12.1. The van der Waals surface area contributed by atoms with Crippen LogP contribution in [-0.2, 0) is 15.7 Å². The highest BCUT2D eigenvalue weighted by atomic mass is 16.5. The number of carbonyl (C=O) groups excluding carboxylic acids is 1. The summed E-state index contributed by atoms with van der Waals surface area (Å²) in [6.07, 6.45) is 4.62. The van der Waals surface area contributed by atoms with Gasteiger partial charge < -0.3 is 4.74 Å². The van der Waals surface area contributed by atoms with Gasteiger partial charge in [0.1, 0.15) is 11.3 Å². The molecule has 1 aromatic carbocycles. The maximum atomic E-state index is 10.7. The molecule has 0 amide bonds. The van der Waals surface area contributed by atoms with Crippen molar-refractivity contribution >= 4 is 6.08 Å². The van der Waals surface area contributed by atoms with Crippen molar-refractivity contribution in [2.24, 2.45) is 4.99 Å². The third-order valence-corrected chi connectivity index (χ3v) is 4.01. The molecule has 0 heterocycles. The summed E-state index contributed by atoms with van der Waals surface area (Å²) in [7, 11) is 1.66. The van der Waals surface area contributed by atoms with E-state index >= 15 is 0 Å². The molecule has 0 atom stereocenters. The van der Waals surface area contributed by atoms with Gasteiger partial charge in [0.15, 0.2) is 0 Å². The average molecular weight is 259 g/mol. The van der Waals surface area contributed by atoms with Crippen LogP contribution in [0.1, 0.15) is 51.2 Å². The molecule has 0 aliphatic heterocycles. The predicted octanol–water partition coefficient (Wildman–Crippen LogP) is 3.71. The molecular formula is C16H21NO2. The van der Waals surface area contributed by atoms with E-state index in [9.17, 15) is 4.79 Å². The van der Waals surface area contributed by atoms with Crippen LogP contribution in [0, 0.1) is 0 Å². The van der Waals surface area contributed by atoms with Crippen LogP contribution < -0.4 is 4.74 Å². The van der Waals surface area contributed by atoms with Crippen molar-refractivity contribution in [3.63, 3.8) is 0 Å². The number of aliphatic imine (C=N–C) groups is 1. The molecule has 102 valence electrons. The standard InChI is InChI=1S/C16H21NO2/c1-15(2,3)12-6-7-14(19-4)13(10-12)16(17-11-18)8-5-9-16/h6-7,10H,5,8-9H2,1-4H3. The van der Waals surface area contributed by atoms with Crippen LogP contribution in [-0.4, -0.2) is 13.2 Å². The van der Waals surface area contributed by atoms with Gasteiger partial charge in [0.05, 0.1) is 7.11 Å². The normalized spacial score (nSPS) is 17.3. The Balaban J connectivity index is 2.56. The lowest BCUT2D eigenvalue weighted by atomic mass is 9.70. The van der Waals surface area contributed by atoms with E-state index in [2.05, 4.69) is 37.9 Å². The summed E-state index contributed by atoms with van der Waals surface area (Å²) in [6, 6.07) is 6.20. The predicted molar refractivity (Wildman–Crippen MR) is 75.3 cm³/mol. The van der Waals surface area contributed by atoms with Crippen LogP contribution in [0.25, 0.3) is 0 Å². The number of hydrogen-bond acceptors (Lipinski definition) is 3. The highest BCUT2D eigenvalue weighted by Crippen LogP contribution is 2.48. The van der Waals surface area contributed by atoms with E-state index in [1.807, 2.05) is 6.07 Å². The molecule has 2 rings (SSSR count). The minimum atomic E-state index is -0.408. The minimum Gasteiger partial charge on any atom is -0.496 e. The number of methoxy groups -OCH3 is 1. The Morgan fingerprint density at radius 3 is 2.42 bits per heavy atom. The molecule has 1 aliphatic carbocycles. The van der Waals surface area contributed by atoms with Crippen molar-refractivity contribution in [2.75, 3.05) is 7.11 Å². The van der Waals surface area contributed by atoms with E-state index in [-0.39, 0.29) is 5.41 Å². The molecule has 19 heavy (non-hydrogen) atoms. The van der Waals surface area contributed by atoms with Gasteiger partial charge in [0.2, 0.25) is 6.08 Å². The summed E-state index contributed by atoms with van der Waals surface area (Å²) in [5, 5.41) is 0. The highest BCUT2D eigenvalue weighted by molar-refractivity contribution is 5.48. The second kappa shape index (κ2) is 4.82. The summed E-state index contributed by atoms with van der Waals surface area (Å²) in [6.45, 7) is 6.53. The maximum absolute atomic E-state index is 10.7. The Morgan fingerprint density at radius 2 is 2.00 bits per heavy atom. The Kier molecular flexibility index (Phi) is 3.51. The van der Waals surface area contributed by atoms with E-state index < -0.39 is 5.54 Å². The number of nitrogens with zero attached hydrogens (tertiary/aromatic N) is 1. The first-order valence-corrected chi connectivity index (χ1v) is 6.71. The molecular weight excluding hydrogens is 238 g/mol.